The fourth-order valence-electron chi connectivity index (χ4n) is 3.57. The second-order valence-corrected chi connectivity index (χ2v) is 6.83. The highest BCUT2D eigenvalue weighted by molar-refractivity contribution is 4.62. The summed E-state index contributed by atoms with van der Waals surface area (Å²) < 4.78 is 0. The molecule has 0 bridgehead atoms. The van der Waals surface area contributed by atoms with Gasteiger partial charge < -0.3 is 0 Å². The second kappa shape index (κ2) is 13.0. The smallest absolute Gasteiger partial charge is 0.0414 e. The predicted octanol–water partition coefficient (Wildman–Crippen LogP) is 7.27. The monoisotopic (exact) mass is 266 g/mol. The summed E-state index contributed by atoms with van der Waals surface area (Å²) in [7, 11) is 0. The fraction of sp³-hybridized carbons (Fsp3) is 1.00. The van der Waals surface area contributed by atoms with Gasteiger partial charge in [-0.05, 0) is 5.92 Å². The van der Waals surface area contributed by atoms with Gasteiger partial charge in [0.15, 0.2) is 0 Å². The highest BCUT2D eigenvalue weighted by Gasteiger charge is 2.09. The zero-order valence-corrected chi connectivity index (χ0v) is 13.6. The van der Waals surface area contributed by atoms with E-state index in [1.807, 2.05) is 0 Å². The topological polar surface area (TPSA) is 0 Å². The van der Waals surface area contributed by atoms with E-state index in [4.69, 9.17) is 0 Å². The maximum Gasteiger partial charge on any atom is -0.0414 e. The van der Waals surface area contributed by atoms with Gasteiger partial charge in [0.25, 0.3) is 0 Å². The number of unbranched alkanes of at least 4 members (excludes halogenated alkanes) is 4. The average Bonchev–Trinajstić information content (AvgIpc) is 2.41. The van der Waals surface area contributed by atoms with Gasteiger partial charge in [-0.25, -0.2) is 0 Å². The van der Waals surface area contributed by atoms with Crippen LogP contribution in [0, 0.1) is 5.92 Å². The van der Waals surface area contributed by atoms with E-state index in [1.54, 1.807) is 0 Å². The summed E-state index contributed by atoms with van der Waals surface area (Å²) in [5.41, 5.74) is 0. The maximum absolute atomic E-state index is 2.31. The van der Waals surface area contributed by atoms with E-state index in [1.165, 1.54) is 109 Å². The van der Waals surface area contributed by atoms with Crippen LogP contribution in [0.2, 0.25) is 0 Å². The van der Waals surface area contributed by atoms with E-state index in [0.29, 0.717) is 0 Å². The van der Waals surface area contributed by atoms with Gasteiger partial charge in [0.2, 0.25) is 0 Å². The SMILES string of the molecule is CCCCCCCC1CCCCCCCCCCC1. The molecule has 0 heteroatoms. The van der Waals surface area contributed by atoms with Crippen LogP contribution in [0.15, 0.2) is 0 Å². The Morgan fingerprint density at radius 1 is 0.579 bits per heavy atom. The first kappa shape index (κ1) is 17.1. The van der Waals surface area contributed by atoms with E-state index in [0.717, 1.165) is 5.92 Å². The molecule has 0 aromatic rings. The Bertz CT molecular complexity index is 161. The third-order valence-electron chi connectivity index (χ3n) is 4.94. The molecular weight excluding hydrogens is 228 g/mol. The Labute approximate surface area is 122 Å². The molecule has 0 amide bonds. The molecule has 0 heterocycles. The zero-order chi connectivity index (χ0) is 13.6. The summed E-state index contributed by atoms with van der Waals surface area (Å²) in [6.07, 6.45) is 25.5. The minimum atomic E-state index is 1.07. The molecule has 114 valence electrons. The normalized spacial score (nSPS) is 20.7. The van der Waals surface area contributed by atoms with Crippen LogP contribution >= 0.6 is 0 Å². The number of hydrogen-bond acceptors (Lipinski definition) is 0. The van der Waals surface area contributed by atoms with Crippen LogP contribution in [-0.4, -0.2) is 0 Å². The molecule has 0 radical (unpaired) electrons. The predicted molar refractivity (Wildman–Crippen MR) is 87.7 cm³/mol. The van der Waals surface area contributed by atoms with Crippen LogP contribution in [0.25, 0.3) is 0 Å². The number of hydrogen-bond donors (Lipinski definition) is 0. The van der Waals surface area contributed by atoms with Crippen molar-refractivity contribution >= 4 is 0 Å². The lowest BCUT2D eigenvalue weighted by Gasteiger charge is -2.17. The Balaban J connectivity index is 2.11. The van der Waals surface area contributed by atoms with Crippen LogP contribution < -0.4 is 0 Å². The van der Waals surface area contributed by atoms with Crippen molar-refractivity contribution < 1.29 is 0 Å². The van der Waals surface area contributed by atoms with Crippen molar-refractivity contribution in [3.05, 3.63) is 0 Å². The fourth-order valence-corrected chi connectivity index (χ4v) is 3.57. The van der Waals surface area contributed by atoms with Crippen molar-refractivity contribution in [2.45, 2.75) is 116 Å². The van der Waals surface area contributed by atoms with Crippen LogP contribution in [0.4, 0.5) is 0 Å². The lowest BCUT2D eigenvalue weighted by molar-refractivity contribution is 0.361. The van der Waals surface area contributed by atoms with Gasteiger partial charge in [0, 0.05) is 0 Å². The first-order valence-corrected chi connectivity index (χ1v) is 9.43. The van der Waals surface area contributed by atoms with E-state index < -0.39 is 0 Å². The molecule has 0 unspecified atom stereocenters. The third kappa shape index (κ3) is 10.4. The molecule has 0 aromatic heterocycles. The summed E-state index contributed by atoms with van der Waals surface area (Å²) in [6, 6.07) is 0. The quantitative estimate of drug-likeness (QED) is 0.443. The minimum absolute atomic E-state index is 1.07. The third-order valence-corrected chi connectivity index (χ3v) is 4.94. The van der Waals surface area contributed by atoms with Gasteiger partial charge in [-0.3, -0.25) is 0 Å². The zero-order valence-electron chi connectivity index (χ0n) is 13.6. The Hall–Kier alpha value is 0. The molecule has 0 saturated heterocycles. The molecule has 1 fully saturated rings. The molecule has 1 saturated carbocycles. The molecule has 1 aliphatic carbocycles. The summed E-state index contributed by atoms with van der Waals surface area (Å²) in [6.45, 7) is 2.31. The van der Waals surface area contributed by atoms with Crippen molar-refractivity contribution in [1.29, 1.82) is 0 Å². The van der Waals surface area contributed by atoms with Crippen molar-refractivity contribution in [2.24, 2.45) is 5.92 Å². The van der Waals surface area contributed by atoms with Crippen molar-refractivity contribution in [2.75, 3.05) is 0 Å². The summed E-state index contributed by atoms with van der Waals surface area (Å²) in [5, 5.41) is 0. The highest BCUT2D eigenvalue weighted by Crippen LogP contribution is 2.25. The summed E-state index contributed by atoms with van der Waals surface area (Å²) in [4.78, 5) is 0. The first-order valence-electron chi connectivity index (χ1n) is 9.43. The second-order valence-electron chi connectivity index (χ2n) is 6.83. The molecule has 1 rings (SSSR count). The molecular formula is C19H38. The van der Waals surface area contributed by atoms with Gasteiger partial charge in [0.1, 0.15) is 0 Å². The Morgan fingerprint density at radius 2 is 1.05 bits per heavy atom. The van der Waals surface area contributed by atoms with Crippen molar-refractivity contribution in [3.8, 4) is 0 Å². The largest absolute Gasteiger partial charge is 0.0654 e. The van der Waals surface area contributed by atoms with Crippen molar-refractivity contribution in [3.63, 3.8) is 0 Å². The van der Waals surface area contributed by atoms with Gasteiger partial charge in [-0.1, -0.05) is 116 Å². The lowest BCUT2D eigenvalue weighted by atomic mass is 9.89. The standard InChI is InChI=1S/C19H38/c1-2-3-4-10-13-16-19-17-14-11-8-6-5-7-9-12-15-18-19/h19H,2-18H2,1H3. The number of rotatable bonds is 6. The summed E-state index contributed by atoms with van der Waals surface area (Å²) >= 11 is 0. The van der Waals surface area contributed by atoms with Crippen LogP contribution in [0.1, 0.15) is 116 Å². The van der Waals surface area contributed by atoms with Gasteiger partial charge >= 0.3 is 0 Å². The van der Waals surface area contributed by atoms with Gasteiger partial charge in [-0.2, -0.15) is 0 Å². The molecule has 19 heavy (non-hydrogen) atoms. The minimum Gasteiger partial charge on any atom is -0.0654 e. The molecule has 0 N–H and O–H groups in total. The molecule has 0 aromatic carbocycles. The van der Waals surface area contributed by atoms with Crippen LogP contribution in [0.5, 0.6) is 0 Å². The van der Waals surface area contributed by atoms with Gasteiger partial charge in [0.05, 0.1) is 0 Å². The Kier molecular flexibility index (Phi) is 11.7. The highest BCUT2D eigenvalue weighted by atomic mass is 14.1. The maximum atomic E-state index is 2.31. The molecule has 0 spiro atoms. The van der Waals surface area contributed by atoms with E-state index in [-0.39, 0.29) is 0 Å². The van der Waals surface area contributed by atoms with Crippen molar-refractivity contribution in [1.82, 2.24) is 0 Å². The average molecular weight is 267 g/mol. The first-order chi connectivity index (χ1) is 9.43. The lowest BCUT2D eigenvalue weighted by Crippen LogP contribution is -2.02. The summed E-state index contributed by atoms with van der Waals surface area (Å²) in [5.74, 6) is 1.07. The van der Waals surface area contributed by atoms with Crippen LogP contribution in [-0.2, 0) is 0 Å². The molecule has 1 aliphatic rings. The molecule has 0 nitrogen and oxygen atoms in total. The van der Waals surface area contributed by atoms with E-state index in [9.17, 15) is 0 Å². The van der Waals surface area contributed by atoms with E-state index in [2.05, 4.69) is 6.92 Å². The molecule has 0 atom stereocenters. The van der Waals surface area contributed by atoms with Gasteiger partial charge in [-0.15, -0.1) is 0 Å². The van der Waals surface area contributed by atoms with Crippen LogP contribution in [0.3, 0.4) is 0 Å². The Morgan fingerprint density at radius 3 is 1.58 bits per heavy atom. The molecule has 0 aliphatic heterocycles. The van der Waals surface area contributed by atoms with E-state index >= 15 is 0 Å².